The van der Waals surface area contributed by atoms with E-state index in [1.54, 1.807) is 6.33 Å². The third-order valence-electron chi connectivity index (χ3n) is 5.17. The highest BCUT2D eigenvalue weighted by Gasteiger charge is 2.24. The fourth-order valence-electron chi connectivity index (χ4n) is 3.34. The predicted octanol–water partition coefficient (Wildman–Crippen LogP) is 1.93. The predicted molar refractivity (Wildman–Crippen MR) is 99.4 cm³/mol. The molecule has 3 heterocycles. The van der Waals surface area contributed by atoms with E-state index in [1.807, 2.05) is 31.3 Å². The Kier molecular flexibility index (Phi) is 4.38. The van der Waals surface area contributed by atoms with E-state index in [-0.39, 0.29) is 0 Å². The van der Waals surface area contributed by atoms with Crippen molar-refractivity contribution in [2.75, 3.05) is 55.0 Å². The highest BCUT2D eigenvalue weighted by molar-refractivity contribution is 5.46. The lowest BCUT2D eigenvalue weighted by atomic mass is 9.83. The summed E-state index contributed by atoms with van der Waals surface area (Å²) in [5.74, 6) is 3.45. The van der Waals surface area contributed by atoms with Crippen molar-refractivity contribution in [3.63, 3.8) is 0 Å². The van der Waals surface area contributed by atoms with Crippen molar-refractivity contribution < 1.29 is 0 Å². The summed E-state index contributed by atoms with van der Waals surface area (Å²) in [4.78, 5) is 24.7. The zero-order valence-electron chi connectivity index (χ0n) is 15.0. The van der Waals surface area contributed by atoms with E-state index in [2.05, 4.69) is 35.8 Å². The average Bonchev–Trinajstić information content (AvgIpc) is 2.61. The van der Waals surface area contributed by atoms with Crippen LogP contribution in [0.2, 0.25) is 0 Å². The first-order valence-corrected chi connectivity index (χ1v) is 9.03. The van der Waals surface area contributed by atoms with Crippen molar-refractivity contribution in [1.82, 2.24) is 19.9 Å². The molecule has 1 aliphatic carbocycles. The van der Waals surface area contributed by atoms with Crippen molar-refractivity contribution in [3.05, 3.63) is 30.4 Å². The molecular weight excluding hydrogens is 314 g/mol. The van der Waals surface area contributed by atoms with Gasteiger partial charge in [0.15, 0.2) is 0 Å². The fraction of sp³-hybridized carbons (Fsp3) is 0.556. The highest BCUT2D eigenvalue weighted by atomic mass is 15.3. The molecule has 1 saturated carbocycles. The normalized spacial score (nSPS) is 18.2. The second-order valence-corrected chi connectivity index (χ2v) is 7.01. The lowest BCUT2D eigenvalue weighted by Gasteiger charge is -2.36. The summed E-state index contributed by atoms with van der Waals surface area (Å²) in [6.07, 6.45) is 7.42. The van der Waals surface area contributed by atoms with Crippen LogP contribution in [-0.2, 0) is 0 Å². The van der Waals surface area contributed by atoms with Crippen LogP contribution in [-0.4, -0.2) is 60.2 Å². The highest BCUT2D eigenvalue weighted by Crippen LogP contribution is 2.35. The maximum Gasteiger partial charge on any atom is 0.227 e. The lowest BCUT2D eigenvalue weighted by Crippen LogP contribution is -2.47. The number of rotatable bonds is 4. The number of hydrogen-bond acceptors (Lipinski definition) is 7. The van der Waals surface area contributed by atoms with Crippen LogP contribution in [0, 0.1) is 0 Å². The summed E-state index contributed by atoms with van der Waals surface area (Å²) in [6, 6.07) is 4.12. The largest absolute Gasteiger partial charge is 0.363 e. The van der Waals surface area contributed by atoms with Crippen LogP contribution >= 0.6 is 0 Å². The summed E-state index contributed by atoms with van der Waals surface area (Å²) >= 11 is 0. The molecular formula is C18H25N7. The van der Waals surface area contributed by atoms with Crippen LogP contribution in [0.4, 0.5) is 17.6 Å². The average molecular weight is 339 g/mol. The first kappa shape index (κ1) is 16.1. The van der Waals surface area contributed by atoms with Gasteiger partial charge in [-0.05, 0) is 18.9 Å². The first-order valence-electron chi connectivity index (χ1n) is 9.03. The second kappa shape index (κ2) is 6.82. The van der Waals surface area contributed by atoms with Crippen molar-refractivity contribution in [2.45, 2.75) is 25.2 Å². The third kappa shape index (κ3) is 3.36. The molecule has 0 N–H and O–H groups in total. The molecule has 0 spiro atoms. The molecule has 0 bridgehead atoms. The summed E-state index contributed by atoms with van der Waals surface area (Å²) in [7, 11) is 4.00. The molecule has 2 fully saturated rings. The molecule has 0 aromatic carbocycles. The minimum Gasteiger partial charge on any atom is -0.363 e. The summed E-state index contributed by atoms with van der Waals surface area (Å²) < 4.78 is 0. The van der Waals surface area contributed by atoms with Crippen LogP contribution in [0.25, 0.3) is 0 Å². The van der Waals surface area contributed by atoms with Crippen LogP contribution in [0.5, 0.6) is 0 Å². The summed E-state index contributed by atoms with van der Waals surface area (Å²) in [6.45, 7) is 3.66. The van der Waals surface area contributed by atoms with Crippen molar-refractivity contribution >= 4 is 17.6 Å². The van der Waals surface area contributed by atoms with E-state index in [1.165, 1.54) is 25.0 Å². The van der Waals surface area contributed by atoms with Gasteiger partial charge in [0, 0.05) is 64.1 Å². The van der Waals surface area contributed by atoms with E-state index >= 15 is 0 Å². The Morgan fingerprint density at radius 1 is 1.00 bits per heavy atom. The Morgan fingerprint density at radius 3 is 2.44 bits per heavy atom. The van der Waals surface area contributed by atoms with E-state index in [0.717, 1.165) is 43.8 Å². The van der Waals surface area contributed by atoms with E-state index < -0.39 is 0 Å². The molecule has 0 amide bonds. The molecule has 7 nitrogen and oxygen atoms in total. The summed E-state index contributed by atoms with van der Waals surface area (Å²) in [5.41, 5.74) is 1.21. The minimum atomic E-state index is 0.644. The molecule has 25 heavy (non-hydrogen) atoms. The van der Waals surface area contributed by atoms with Crippen molar-refractivity contribution in [2.24, 2.45) is 0 Å². The molecule has 1 saturated heterocycles. The maximum absolute atomic E-state index is 4.65. The molecule has 132 valence electrons. The standard InChI is InChI=1S/C18H25N7/c1-23(2)16-6-7-19-18(22-16)25-10-8-24(9-11-25)17-12-15(20-13-21-17)14-4-3-5-14/h6-7,12-14H,3-5,8-11H2,1-2H3. The van der Waals surface area contributed by atoms with Gasteiger partial charge in [0.1, 0.15) is 18.0 Å². The molecule has 2 aliphatic rings. The van der Waals surface area contributed by atoms with Gasteiger partial charge in [-0.2, -0.15) is 4.98 Å². The van der Waals surface area contributed by atoms with Gasteiger partial charge in [0.25, 0.3) is 0 Å². The van der Waals surface area contributed by atoms with Gasteiger partial charge >= 0.3 is 0 Å². The van der Waals surface area contributed by atoms with E-state index in [9.17, 15) is 0 Å². The van der Waals surface area contributed by atoms with Crippen LogP contribution in [0.3, 0.4) is 0 Å². The molecule has 2 aromatic rings. The molecule has 0 unspecified atom stereocenters. The second-order valence-electron chi connectivity index (χ2n) is 7.01. The molecule has 2 aromatic heterocycles. The molecule has 4 rings (SSSR count). The number of aromatic nitrogens is 4. The molecule has 0 atom stereocenters. The van der Waals surface area contributed by atoms with Gasteiger partial charge in [0.05, 0.1) is 0 Å². The quantitative estimate of drug-likeness (QED) is 0.843. The van der Waals surface area contributed by atoms with Crippen molar-refractivity contribution in [1.29, 1.82) is 0 Å². The van der Waals surface area contributed by atoms with Crippen molar-refractivity contribution in [3.8, 4) is 0 Å². The Balaban J connectivity index is 1.42. The minimum absolute atomic E-state index is 0.644. The number of piperazine rings is 1. The maximum atomic E-state index is 4.65. The Bertz CT molecular complexity index is 721. The van der Waals surface area contributed by atoms with E-state index in [4.69, 9.17) is 0 Å². The van der Waals surface area contributed by atoms with E-state index in [0.29, 0.717) is 5.92 Å². The monoisotopic (exact) mass is 339 g/mol. The fourth-order valence-corrected chi connectivity index (χ4v) is 3.34. The van der Waals surface area contributed by atoms with Gasteiger partial charge in [-0.1, -0.05) is 6.42 Å². The number of nitrogens with zero attached hydrogens (tertiary/aromatic N) is 7. The number of hydrogen-bond donors (Lipinski definition) is 0. The molecule has 0 radical (unpaired) electrons. The van der Waals surface area contributed by atoms with Gasteiger partial charge in [0.2, 0.25) is 5.95 Å². The third-order valence-corrected chi connectivity index (χ3v) is 5.17. The summed E-state index contributed by atoms with van der Waals surface area (Å²) in [5, 5.41) is 0. The van der Waals surface area contributed by atoms with Crippen LogP contribution in [0.1, 0.15) is 30.9 Å². The van der Waals surface area contributed by atoms with Gasteiger partial charge in [-0.3, -0.25) is 0 Å². The Labute approximate surface area is 148 Å². The lowest BCUT2D eigenvalue weighted by molar-refractivity contribution is 0.410. The van der Waals surface area contributed by atoms with Gasteiger partial charge in [-0.25, -0.2) is 15.0 Å². The Morgan fingerprint density at radius 2 is 1.76 bits per heavy atom. The SMILES string of the molecule is CN(C)c1ccnc(N2CCN(c3cc(C4CCC4)ncn3)CC2)n1. The first-order chi connectivity index (χ1) is 12.2. The van der Waals surface area contributed by atoms with Crippen LogP contribution < -0.4 is 14.7 Å². The number of anilines is 3. The molecule has 1 aliphatic heterocycles. The zero-order valence-corrected chi connectivity index (χ0v) is 15.0. The topological polar surface area (TPSA) is 61.3 Å². The van der Waals surface area contributed by atoms with Crippen LogP contribution in [0.15, 0.2) is 24.7 Å². The van der Waals surface area contributed by atoms with Gasteiger partial charge < -0.3 is 14.7 Å². The van der Waals surface area contributed by atoms with Gasteiger partial charge in [-0.15, -0.1) is 0 Å². The smallest absolute Gasteiger partial charge is 0.227 e. The zero-order chi connectivity index (χ0) is 17.2. The molecule has 7 heteroatoms. The Hall–Kier alpha value is -2.44.